The maximum Gasteiger partial charge on any atom is 0.356 e. The van der Waals surface area contributed by atoms with Gasteiger partial charge in [0.05, 0.1) is 11.4 Å². The molecule has 1 aromatic heterocycles. The van der Waals surface area contributed by atoms with Crippen molar-refractivity contribution in [2.24, 2.45) is 0 Å². The molecule has 3 aromatic rings. The molecule has 0 bridgehead atoms. The van der Waals surface area contributed by atoms with Gasteiger partial charge < -0.3 is 5.11 Å². The smallest absolute Gasteiger partial charge is 0.356 e. The van der Waals surface area contributed by atoms with Crippen LogP contribution < -0.4 is 0 Å². The molecule has 2 heterocycles. The highest BCUT2D eigenvalue weighted by Gasteiger charge is 2.34. The lowest BCUT2D eigenvalue weighted by molar-refractivity contribution is 0.0688. The number of thioether (sulfide) groups is 1. The lowest BCUT2D eigenvalue weighted by Crippen LogP contribution is -2.08. The first-order valence-electron chi connectivity index (χ1n) is 7.98. The van der Waals surface area contributed by atoms with Crippen LogP contribution in [0, 0.1) is 5.82 Å². The van der Waals surface area contributed by atoms with Crippen molar-refractivity contribution in [1.82, 2.24) is 9.78 Å². The minimum absolute atomic E-state index is 0.0310. The Kier molecular flexibility index (Phi) is 3.84. The summed E-state index contributed by atoms with van der Waals surface area (Å²) >= 11 is 1.57. The molecule has 1 aliphatic rings. The molecule has 0 fully saturated rings. The molecule has 0 amide bonds. The zero-order chi connectivity index (χ0) is 17.6. The Morgan fingerprint density at radius 1 is 1.28 bits per heavy atom. The van der Waals surface area contributed by atoms with Crippen LogP contribution in [0.2, 0.25) is 0 Å². The van der Waals surface area contributed by atoms with Gasteiger partial charge in [0, 0.05) is 21.3 Å². The molecular formula is C19H15FN2O2S. The van der Waals surface area contributed by atoms with Gasteiger partial charge in [-0.25, -0.2) is 13.9 Å². The number of hydrogen-bond acceptors (Lipinski definition) is 3. The van der Waals surface area contributed by atoms with E-state index in [0.717, 1.165) is 17.0 Å². The monoisotopic (exact) mass is 354 g/mol. The molecule has 4 nitrogen and oxygen atoms in total. The Labute approximate surface area is 148 Å². The summed E-state index contributed by atoms with van der Waals surface area (Å²) in [5, 5.41) is 14.0. The molecule has 0 spiro atoms. The molecule has 0 saturated carbocycles. The summed E-state index contributed by atoms with van der Waals surface area (Å²) < 4.78 is 15.5. The molecule has 25 heavy (non-hydrogen) atoms. The van der Waals surface area contributed by atoms with E-state index in [4.69, 9.17) is 0 Å². The van der Waals surface area contributed by atoms with Gasteiger partial charge in [0.1, 0.15) is 5.82 Å². The predicted molar refractivity (Wildman–Crippen MR) is 94.8 cm³/mol. The summed E-state index contributed by atoms with van der Waals surface area (Å²) in [6, 6.07) is 14.0. The van der Waals surface area contributed by atoms with Gasteiger partial charge >= 0.3 is 5.97 Å². The van der Waals surface area contributed by atoms with Crippen molar-refractivity contribution in [3.8, 4) is 16.9 Å². The third kappa shape index (κ3) is 2.53. The third-order valence-corrected chi connectivity index (χ3v) is 5.75. The van der Waals surface area contributed by atoms with E-state index in [-0.39, 0.29) is 16.8 Å². The Morgan fingerprint density at radius 2 is 2.04 bits per heavy atom. The lowest BCUT2D eigenvalue weighted by atomic mass is 10.00. The summed E-state index contributed by atoms with van der Waals surface area (Å²) in [5.74, 6) is -1.41. The van der Waals surface area contributed by atoms with E-state index in [1.807, 2.05) is 37.3 Å². The van der Waals surface area contributed by atoms with Gasteiger partial charge in [-0.1, -0.05) is 25.1 Å². The number of halogens is 1. The normalized spacial score (nSPS) is 15.5. The first kappa shape index (κ1) is 15.9. The second-order valence-electron chi connectivity index (χ2n) is 5.82. The summed E-state index contributed by atoms with van der Waals surface area (Å²) in [7, 11) is 0. The quantitative estimate of drug-likeness (QED) is 0.724. The van der Waals surface area contributed by atoms with Crippen LogP contribution in [0.3, 0.4) is 0 Å². The predicted octanol–water partition coefficient (Wildman–Crippen LogP) is 4.93. The topological polar surface area (TPSA) is 55.1 Å². The van der Waals surface area contributed by atoms with Crippen molar-refractivity contribution in [1.29, 1.82) is 0 Å². The van der Waals surface area contributed by atoms with Crippen LogP contribution in [0.15, 0.2) is 53.4 Å². The molecule has 0 aliphatic carbocycles. The van der Waals surface area contributed by atoms with Gasteiger partial charge in [0.2, 0.25) is 0 Å². The minimum Gasteiger partial charge on any atom is -0.476 e. The third-order valence-electron chi connectivity index (χ3n) is 4.28. The highest BCUT2D eigenvalue weighted by Crippen LogP contribution is 2.52. The zero-order valence-electron chi connectivity index (χ0n) is 13.4. The van der Waals surface area contributed by atoms with E-state index in [1.165, 1.54) is 12.1 Å². The standard InChI is InChI=1S/C19H15FN2O2S/c1-2-14-16-17(19(23)24)21-22(12-6-4-3-5-7-12)18(16)13-10-11(20)8-9-15(13)25-14/h3-10,14H,2H2,1H3,(H,23,24). The number of rotatable bonds is 3. The first-order valence-corrected chi connectivity index (χ1v) is 8.86. The second-order valence-corrected chi connectivity index (χ2v) is 7.06. The average molecular weight is 354 g/mol. The first-order chi connectivity index (χ1) is 12.1. The van der Waals surface area contributed by atoms with Crippen LogP contribution in [-0.2, 0) is 0 Å². The van der Waals surface area contributed by atoms with Crippen molar-refractivity contribution in [3.05, 3.63) is 65.6 Å². The fourth-order valence-corrected chi connectivity index (χ4v) is 4.44. The van der Waals surface area contributed by atoms with Crippen molar-refractivity contribution in [3.63, 3.8) is 0 Å². The largest absolute Gasteiger partial charge is 0.476 e. The Bertz CT molecular complexity index is 969. The van der Waals surface area contributed by atoms with Gasteiger partial charge in [-0.15, -0.1) is 11.8 Å². The van der Waals surface area contributed by atoms with E-state index in [2.05, 4.69) is 5.10 Å². The Hall–Kier alpha value is -2.60. The van der Waals surface area contributed by atoms with Crippen LogP contribution in [0.4, 0.5) is 4.39 Å². The zero-order valence-corrected chi connectivity index (χ0v) is 14.3. The average Bonchev–Trinajstić information content (AvgIpc) is 3.03. The highest BCUT2D eigenvalue weighted by molar-refractivity contribution is 7.99. The SMILES string of the molecule is CCC1Sc2ccc(F)cc2-c2c1c(C(=O)O)nn2-c1ccccc1. The van der Waals surface area contributed by atoms with E-state index >= 15 is 0 Å². The van der Waals surface area contributed by atoms with Gasteiger partial charge in [-0.2, -0.15) is 5.10 Å². The molecule has 126 valence electrons. The summed E-state index contributed by atoms with van der Waals surface area (Å²) in [6.45, 7) is 2.02. The van der Waals surface area contributed by atoms with Crippen molar-refractivity contribution in [2.75, 3.05) is 0 Å². The highest BCUT2D eigenvalue weighted by atomic mass is 32.2. The molecular weight excluding hydrogens is 339 g/mol. The lowest BCUT2D eigenvalue weighted by Gasteiger charge is -2.25. The van der Waals surface area contributed by atoms with Gasteiger partial charge in [0.15, 0.2) is 5.69 Å². The number of fused-ring (bicyclic) bond motifs is 3. The number of aromatic nitrogens is 2. The van der Waals surface area contributed by atoms with Crippen molar-refractivity contribution < 1.29 is 14.3 Å². The number of carbonyl (C=O) groups is 1. The number of nitrogens with zero attached hydrogens (tertiary/aromatic N) is 2. The van der Waals surface area contributed by atoms with Crippen LogP contribution in [0.5, 0.6) is 0 Å². The van der Waals surface area contributed by atoms with E-state index < -0.39 is 5.97 Å². The number of carboxylic acids is 1. The van der Waals surface area contributed by atoms with E-state index in [1.54, 1.807) is 22.5 Å². The van der Waals surface area contributed by atoms with Crippen molar-refractivity contribution in [2.45, 2.75) is 23.5 Å². The van der Waals surface area contributed by atoms with Crippen LogP contribution in [0.1, 0.15) is 34.6 Å². The fraction of sp³-hybridized carbons (Fsp3) is 0.158. The van der Waals surface area contributed by atoms with E-state index in [9.17, 15) is 14.3 Å². The molecule has 1 unspecified atom stereocenters. The number of benzene rings is 2. The Morgan fingerprint density at radius 3 is 2.72 bits per heavy atom. The van der Waals surface area contributed by atoms with Crippen molar-refractivity contribution >= 4 is 17.7 Å². The van der Waals surface area contributed by atoms with Gasteiger partial charge in [0.25, 0.3) is 0 Å². The minimum atomic E-state index is -1.06. The molecule has 6 heteroatoms. The summed E-state index contributed by atoms with van der Waals surface area (Å²) in [6.07, 6.45) is 0.759. The molecule has 4 rings (SSSR count). The number of aromatic carboxylic acids is 1. The number of hydrogen-bond donors (Lipinski definition) is 1. The van der Waals surface area contributed by atoms with Crippen LogP contribution >= 0.6 is 11.8 Å². The number of carboxylic acid groups (broad SMARTS) is 1. The number of para-hydroxylation sites is 1. The molecule has 0 saturated heterocycles. The molecule has 1 N–H and O–H groups in total. The molecule has 1 aliphatic heterocycles. The molecule has 1 atom stereocenters. The maximum absolute atomic E-state index is 13.9. The second kappa shape index (κ2) is 6.04. The summed E-state index contributed by atoms with van der Waals surface area (Å²) in [4.78, 5) is 12.7. The van der Waals surface area contributed by atoms with Gasteiger partial charge in [-0.05, 0) is 36.8 Å². The molecule has 0 radical (unpaired) electrons. The van der Waals surface area contributed by atoms with Crippen LogP contribution in [0.25, 0.3) is 16.9 Å². The van der Waals surface area contributed by atoms with E-state index in [0.29, 0.717) is 16.8 Å². The van der Waals surface area contributed by atoms with Gasteiger partial charge in [-0.3, -0.25) is 0 Å². The fourth-order valence-electron chi connectivity index (χ4n) is 3.20. The van der Waals surface area contributed by atoms with Crippen LogP contribution in [-0.4, -0.2) is 20.9 Å². The summed E-state index contributed by atoms with van der Waals surface area (Å²) in [5.41, 5.74) is 2.82. The maximum atomic E-state index is 13.9. The Balaban J connectivity index is 2.08. The molecule has 2 aromatic carbocycles.